The van der Waals surface area contributed by atoms with Crippen molar-refractivity contribution >= 4 is 34.5 Å². The summed E-state index contributed by atoms with van der Waals surface area (Å²) in [4.78, 5) is 23.5. The van der Waals surface area contributed by atoms with E-state index in [1.807, 2.05) is 12.1 Å². The van der Waals surface area contributed by atoms with Crippen molar-refractivity contribution in [2.24, 2.45) is 0 Å². The lowest BCUT2D eigenvalue weighted by Gasteiger charge is -2.15. The predicted molar refractivity (Wildman–Crippen MR) is 97.6 cm³/mol. The Kier molecular flexibility index (Phi) is 6.63. The Morgan fingerprint density at radius 3 is 2.27 bits per heavy atom. The van der Waals surface area contributed by atoms with Gasteiger partial charge in [0, 0.05) is 9.99 Å². The van der Waals surface area contributed by atoms with Gasteiger partial charge in [-0.3, -0.25) is 4.79 Å². The van der Waals surface area contributed by atoms with Gasteiger partial charge in [-0.2, -0.15) is 13.2 Å². The molecule has 2 aromatic rings. The fraction of sp³-hybridized carbons (Fsp3) is 0.222. The molecule has 0 radical (unpaired) electrons. The highest BCUT2D eigenvalue weighted by molar-refractivity contribution is 14.1. The Balaban J connectivity index is 2.00. The molecule has 0 aliphatic rings. The maximum absolute atomic E-state index is 12.5. The summed E-state index contributed by atoms with van der Waals surface area (Å²) in [5.41, 5.74) is 0.330. The molecular formula is C18H15F3INO3. The third-order valence-electron chi connectivity index (χ3n) is 3.61. The van der Waals surface area contributed by atoms with E-state index >= 15 is 0 Å². The SMILES string of the molecule is O=C(Cc1ccc(C(F)(F)F)cc1)N[C@@H](Cc1cccc(I)c1)C(=O)O. The molecule has 0 unspecified atom stereocenters. The summed E-state index contributed by atoms with van der Waals surface area (Å²) in [6, 6.07) is 10.3. The first-order chi connectivity index (χ1) is 12.1. The number of carbonyl (C=O) groups is 2. The first-order valence-corrected chi connectivity index (χ1v) is 8.66. The van der Waals surface area contributed by atoms with Gasteiger partial charge in [0.05, 0.1) is 12.0 Å². The van der Waals surface area contributed by atoms with Gasteiger partial charge >= 0.3 is 12.1 Å². The molecule has 8 heteroatoms. The number of rotatable bonds is 6. The van der Waals surface area contributed by atoms with Crippen LogP contribution >= 0.6 is 22.6 Å². The lowest BCUT2D eigenvalue weighted by Crippen LogP contribution is -2.43. The first-order valence-electron chi connectivity index (χ1n) is 7.58. The number of aliphatic carboxylic acids is 1. The number of carboxylic acid groups (broad SMARTS) is 1. The molecule has 0 heterocycles. The Hall–Kier alpha value is -2.10. The quantitative estimate of drug-likeness (QED) is 0.625. The molecule has 4 nitrogen and oxygen atoms in total. The van der Waals surface area contributed by atoms with Gasteiger partial charge in [-0.1, -0.05) is 24.3 Å². The lowest BCUT2D eigenvalue weighted by atomic mass is 10.0. The zero-order valence-corrected chi connectivity index (χ0v) is 15.5. The van der Waals surface area contributed by atoms with Crippen LogP contribution in [0.4, 0.5) is 13.2 Å². The van der Waals surface area contributed by atoms with Crippen molar-refractivity contribution in [2.75, 3.05) is 0 Å². The minimum atomic E-state index is -4.44. The normalized spacial score (nSPS) is 12.5. The molecule has 0 bridgehead atoms. The van der Waals surface area contributed by atoms with Crippen molar-refractivity contribution in [1.82, 2.24) is 5.32 Å². The van der Waals surface area contributed by atoms with E-state index < -0.39 is 29.7 Å². The van der Waals surface area contributed by atoms with Crippen LogP contribution in [0.3, 0.4) is 0 Å². The third-order valence-corrected chi connectivity index (χ3v) is 4.28. The van der Waals surface area contributed by atoms with Gasteiger partial charge < -0.3 is 10.4 Å². The first kappa shape index (κ1) is 20.2. The second-order valence-electron chi connectivity index (χ2n) is 5.66. The summed E-state index contributed by atoms with van der Waals surface area (Å²) in [6.45, 7) is 0. The van der Waals surface area contributed by atoms with E-state index in [0.29, 0.717) is 5.56 Å². The van der Waals surface area contributed by atoms with E-state index in [2.05, 4.69) is 27.9 Å². The highest BCUT2D eigenvalue weighted by atomic mass is 127. The van der Waals surface area contributed by atoms with Crippen molar-refractivity contribution < 1.29 is 27.9 Å². The second-order valence-corrected chi connectivity index (χ2v) is 6.91. The van der Waals surface area contributed by atoms with E-state index in [0.717, 1.165) is 21.3 Å². The Morgan fingerprint density at radius 2 is 1.73 bits per heavy atom. The summed E-state index contributed by atoms with van der Waals surface area (Å²) in [7, 11) is 0. The van der Waals surface area contributed by atoms with E-state index in [4.69, 9.17) is 0 Å². The molecule has 2 aromatic carbocycles. The minimum absolute atomic E-state index is 0.116. The molecule has 26 heavy (non-hydrogen) atoms. The molecule has 1 atom stereocenters. The van der Waals surface area contributed by atoms with Gasteiger partial charge in [0.25, 0.3) is 0 Å². The molecule has 0 saturated carbocycles. The van der Waals surface area contributed by atoms with Gasteiger partial charge in [0.15, 0.2) is 0 Å². The molecule has 2 rings (SSSR count). The van der Waals surface area contributed by atoms with Crippen LogP contribution in [0.25, 0.3) is 0 Å². The smallest absolute Gasteiger partial charge is 0.416 e. The maximum Gasteiger partial charge on any atom is 0.416 e. The number of carboxylic acids is 1. The van der Waals surface area contributed by atoms with Gasteiger partial charge in [-0.05, 0) is 58.0 Å². The van der Waals surface area contributed by atoms with Gasteiger partial charge in [-0.15, -0.1) is 0 Å². The average molecular weight is 477 g/mol. The van der Waals surface area contributed by atoms with Crippen molar-refractivity contribution in [2.45, 2.75) is 25.1 Å². The molecule has 0 aromatic heterocycles. The lowest BCUT2D eigenvalue weighted by molar-refractivity contribution is -0.141. The number of hydrogen-bond donors (Lipinski definition) is 2. The number of carbonyl (C=O) groups excluding carboxylic acids is 1. The number of amides is 1. The zero-order chi connectivity index (χ0) is 19.3. The third kappa shape index (κ3) is 6.01. The van der Waals surface area contributed by atoms with E-state index in [1.165, 1.54) is 12.1 Å². The Morgan fingerprint density at radius 1 is 1.08 bits per heavy atom. The standard InChI is InChI=1S/C18H15F3INO3/c19-18(20,21)13-6-4-11(5-7-13)10-16(24)23-15(17(25)26)9-12-2-1-3-14(22)8-12/h1-8,15H,9-10H2,(H,23,24)(H,25,26)/t15-/m0/s1. The minimum Gasteiger partial charge on any atom is -0.480 e. The number of alkyl halides is 3. The Labute approximate surface area is 161 Å². The van der Waals surface area contributed by atoms with Crippen molar-refractivity contribution in [3.8, 4) is 0 Å². The monoisotopic (exact) mass is 477 g/mol. The van der Waals surface area contributed by atoms with Gasteiger partial charge in [0.2, 0.25) is 5.91 Å². The van der Waals surface area contributed by atoms with Crippen LogP contribution in [-0.2, 0) is 28.6 Å². The molecule has 0 fully saturated rings. The van der Waals surface area contributed by atoms with Crippen LogP contribution in [0.1, 0.15) is 16.7 Å². The highest BCUT2D eigenvalue weighted by Crippen LogP contribution is 2.29. The van der Waals surface area contributed by atoms with Crippen LogP contribution in [0.2, 0.25) is 0 Å². The maximum atomic E-state index is 12.5. The zero-order valence-electron chi connectivity index (χ0n) is 13.4. The fourth-order valence-electron chi connectivity index (χ4n) is 2.34. The molecule has 0 aliphatic carbocycles. The number of nitrogens with one attached hydrogen (secondary N) is 1. The molecule has 0 saturated heterocycles. The van der Waals surface area contributed by atoms with Crippen LogP contribution in [-0.4, -0.2) is 23.0 Å². The predicted octanol–water partition coefficient (Wildman–Crippen LogP) is 3.66. The van der Waals surface area contributed by atoms with Crippen molar-refractivity contribution in [3.05, 3.63) is 68.8 Å². The van der Waals surface area contributed by atoms with Gasteiger partial charge in [0.1, 0.15) is 6.04 Å². The van der Waals surface area contributed by atoms with Crippen LogP contribution in [0.15, 0.2) is 48.5 Å². The molecule has 0 spiro atoms. The van der Waals surface area contributed by atoms with Crippen molar-refractivity contribution in [1.29, 1.82) is 0 Å². The summed E-state index contributed by atoms with van der Waals surface area (Å²) in [5.74, 6) is -1.74. The number of hydrogen-bond acceptors (Lipinski definition) is 2. The molecule has 2 N–H and O–H groups in total. The largest absolute Gasteiger partial charge is 0.480 e. The van der Waals surface area contributed by atoms with Crippen LogP contribution in [0.5, 0.6) is 0 Å². The summed E-state index contributed by atoms with van der Waals surface area (Å²) >= 11 is 2.10. The van der Waals surface area contributed by atoms with E-state index in [9.17, 15) is 27.9 Å². The Bertz CT molecular complexity index is 791. The molecular weight excluding hydrogens is 462 g/mol. The highest BCUT2D eigenvalue weighted by Gasteiger charge is 2.30. The molecule has 1 amide bonds. The number of halogens is 4. The topological polar surface area (TPSA) is 66.4 Å². The summed E-state index contributed by atoms with van der Waals surface area (Å²) in [6.07, 6.45) is -4.53. The molecule has 138 valence electrons. The summed E-state index contributed by atoms with van der Waals surface area (Å²) in [5, 5.41) is 11.7. The second kappa shape index (κ2) is 8.52. The summed E-state index contributed by atoms with van der Waals surface area (Å²) < 4.78 is 38.5. The van der Waals surface area contributed by atoms with E-state index in [1.54, 1.807) is 12.1 Å². The molecule has 0 aliphatic heterocycles. The fourth-order valence-corrected chi connectivity index (χ4v) is 2.95. The van der Waals surface area contributed by atoms with E-state index in [-0.39, 0.29) is 12.8 Å². The van der Waals surface area contributed by atoms with Crippen LogP contribution < -0.4 is 5.32 Å². The van der Waals surface area contributed by atoms with Crippen LogP contribution in [0, 0.1) is 3.57 Å². The average Bonchev–Trinajstić information content (AvgIpc) is 2.53. The van der Waals surface area contributed by atoms with Crippen molar-refractivity contribution in [3.63, 3.8) is 0 Å². The number of benzene rings is 2. The van der Waals surface area contributed by atoms with Gasteiger partial charge in [-0.25, -0.2) is 4.79 Å².